The quantitative estimate of drug-likeness (QED) is 0.803. The lowest BCUT2D eigenvalue weighted by Gasteiger charge is -2.16. The zero-order chi connectivity index (χ0) is 14.4. The van der Waals surface area contributed by atoms with Crippen molar-refractivity contribution in [2.75, 3.05) is 20.6 Å². The lowest BCUT2D eigenvalue weighted by molar-refractivity contribution is -0.120. The molecule has 106 valence electrons. The summed E-state index contributed by atoms with van der Waals surface area (Å²) in [5.41, 5.74) is 0.956. The van der Waals surface area contributed by atoms with E-state index in [1.807, 2.05) is 20.2 Å². The number of amides is 3. The molecule has 1 aromatic rings. The van der Waals surface area contributed by atoms with E-state index in [0.29, 0.717) is 0 Å². The van der Waals surface area contributed by atoms with Gasteiger partial charge in [0.05, 0.1) is 18.8 Å². The number of aromatic nitrogens is 2. The molecule has 1 aromatic heterocycles. The highest BCUT2D eigenvalue weighted by Gasteiger charge is 2.14. The van der Waals surface area contributed by atoms with E-state index in [-0.39, 0.29) is 24.5 Å². The van der Waals surface area contributed by atoms with Crippen LogP contribution in [-0.2, 0) is 11.8 Å². The molecule has 0 spiro atoms. The minimum atomic E-state index is -0.287. The molecule has 7 heteroatoms. The van der Waals surface area contributed by atoms with Gasteiger partial charge in [0.1, 0.15) is 0 Å². The molecule has 0 aromatic carbocycles. The van der Waals surface area contributed by atoms with E-state index >= 15 is 0 Å². The first-order valence-electron chi connectivity index (χ1n) is 6.17. The average molecular weight is 267 g/mol. The first-order chi connectivity index (χ1) is 8.93. The van der Waals surface area contributed by atoms with Crippen LogP contribution in [-0.4, -0.2) is 47.3 Å². The fourth-order valence-electron chi connectivity index (χ4n) is 1.60. The van der Waals surface area contributed by atoms with E-state index in [2.05, 4.69) is 15.7 Å². The van der Waals surface area contributed by atoms with E-state index in [0.717, 1.165) is 12.0 Å². The summed E-state index contributed by atoms with van der Waals surface area (Å²) in [7, 11) is 5.07. The number of aryl methyl sites for hydroxylation is 1. The van der Waals surface area contributed by atoms with Gasteiger partial charge in [0.25, 0.3) is 0 Å². The molecule has 3 amide bonds. The zero-order valence-electron chi connectivity index (χ0n) is 11.8. The highest BCUT2D eigenvalue weighted by Crippen LogP contribution is 2.14. The number of hydrogen-bond acceptors (Lipinski definition) is 3. The predicted octanol–water partition coefficient (Wildman–Crippen LogP) is 0.259. The van der Waals surface area contributed by atoms with Crippen molar-refractivity contribution in [1.29, 1.82) is 0 Å². The Morgan fingerprint density at radius 1 is 1.47 bits per heavy atom. The van der Waals surface area contributed by atoms with Crippen molar-refractivity contribution >= 4 is 11.9 Å². The Hall–Kier alpha value is -2.05. The third-order valence-electron chi connectivity index (χ3n) is 2.68. The van der Waals surface area contributed by atoms with Gasteiger partial charge in [-0.15, -0.1) is 0 Å². The van der Waals surface area contributed by atoms with E-state index in [4.69, 9.17) is 0 Å². The molecule has 2 N–H and O–H groups in total. The topological polar surface area (TPSA) is 79.3 Å². The summed E-state index contributed by atoms with van der Waals surface area (Å²) in [6, 6.07) is -0.373. The standard InChI is InChI=1S/C12H21N5O2/c1-5-10(9-6-14-17(4)8-9)15-11(18)7-13-12(19)16(2)3/h6,8,10H,5,7H2,1-4H3,(H,13,19)(H,15,18)/t10-/m1/s1. The third-order valence-corrected chi connectivity index (χ3v) is 2.68. The van der Waals surface area contributed by atoms with Crippen LogP contribution in [0.15, 0.2) is 12.4 Å². The second-order valence-corrected chi connectivity index (χ2v) is 4.53. The van der Waals surface area contributed by atoms with Gasteiger partial charge < -0.3 is 15.5 Å². The van der Waals surface area contributed by atoms with Crippen molar-refractivity contribution in [2.24, 2.45) is 7.05 Å². The molecule has 1 rings (SSSR count). The summed E-state index contributed by atoms with van der Waals surface area (Å²) in [6.07, 6.45) is 4.36. The molecular formula is C12H21N5O2. The van der Waals surface area contributed by atoms with Crippen LogP contribution < -0.4 is 10.6 Å². The van der Waals surface area contributed by atoms with Crippen molar-refractivity contribution in [3.8, 4) is 0 Å². The first kappa shape index (κ1) is 15.0. The number of urea groups is 1. The van der Waals surface area contributed by atoms with Crippen LogP contribution in [0.25, 0.3) is 0 Å². The number of carbonyl (C=O) groups is 2. The fourth-order valence-corrected chi connectivity index (χ4v) is 1.60. The number of hydrogen-bond donors (Lipinski definition) is 2. The van der Waals surface area contributed by atoms with E-state index in [1.165, 1.54) is 4.90 Å². The Morgan fingerprint density at radius 3 is 2.63 bits per heavy atom. The Morgan fingerprint density at radius 2 is 2.16 bits per heavy atom. The van der Waals surface area contributed by atoms with Crippen LogP contribution in [0.3, 0.4) is 0 Å². The average Bonchev–Trinajstić information content (AvgIpc) is 2.79. The molecule has 0 radical (unpaired) electrons. The minimum absolute atomic E-state index is 0.0340. The number of carbonyl (C=O) groups excluding carboxylic acids is 2. The Labute approximate surface area is 113 Å². The molecule has 0 saturated carbocycles. The molecule has 0 bridgehead atoms. The SMILES string of the molecule is CC[C@@H](NC(=O)CNC(=O)N(C)C)c1cnn(C)c1. The predicted molar refractivity (Wildman–Crippen MR) is 71.5 cm³/mol. The van der Waals surface area contributed by atoms with Crippen molar-refractivity contribution in [3.05, 3.63) is 18.0 Å². The molecule has 0 unspecified atom stereocenters. The van der Waals surface area contributed by atoms with E-state index in [9.17, 15) is 9.59 Å². The van der Waals surface area contributed by atoms with Gasteiger partial charge >= 0.3 is 6.03 Å². The van der Waals surface area contributed by atoms with Crippen LogP contribution in [0.2, 0.25) is 0 Å². The molecule has 1 atom stereocenters. The smallest absolute Gasteiger partial charge is 0.317 e. The molecule has 0 aliphatic heterocycles. The molecule has 7 nitrogen and oxygen atoms in total. The summed E-state index contributed by atoms with van der Waals surface area (Å²) in [6.45, 7) is 1.95. The van der Waals surface area contributed by atoms with Gasteiger partial charge in [0.2, 0.25) is 5.91 Å². The monoisotopic (exact) mass is 267 g/mol. The molecule has 0 saturated heterocycles. The molecule has 19 heavy (non-hydrogen) atoms. The van der Waals surface area contributed by atoms with Crippen LogP contribution >= 0.6 is 0 Å². The third kappa shape index (κ3) is 4.61. The summed E-state index contributed by atoms with van der Waals surface area (Å²) in [5, 5.41) is 9.47. The fraction of sp³-hybridized carbons (Fsp3) is 0.583. The highest BCUT2D eigenvalue weighted by molar-refractivity contribution is 5.83. The molecule has 1 heterocycles. The summed E-state index contributed by atoms with van der Waals surface area (Å²) in [5.74, 6) is -0.217. The Kier molecular flexibility index (Phi) is 5.35. The van der Waals surface area contributed by atoms with Crippen LogP contribution in [0.4, 0.5) is 4.79 Å². The summed E-state index contributed by atoms with van der Waals surface area (Å²) >= 11 is 0. The maximum Gasteiger partial charge on any atom is 0.317 e. The summed E-state index contributed by atoms with van der Waals surface area (Å²) in [4.78, 5) is 24.4. The van der Waals surface area contributed by atoms with Crippen LogP contribution in [0, 0.1) is 0 Å². The second-order valence-electron chi connectivity index (χ2n) is 4.53. The maximum atomic E-state index is 11.7. The zero-order valence-corrected chi connectivity index (χ0v) is 11.8. The largest absolute Gasteiger partial charge is 0.348 e. The Balaban J connectivity index is 2.48. The molecule has 0 aliphatic rings. The normalized spacial score (nSPS) is 11.8. The van der Waals surface area contributed by atoms with Crippen molar-refractivity contribution < 1.29 is 9.59 Å². The van der Waals surface area contributed by atoms with Gasteiger partial charge in [-0.3, -0.25) is 9.48 Å². The van der Waals surface area contributed by atoms with Crippen molar-refractivity contribution in [1.82, 2.24) is 25.3 Å². The first-order valence-corrected chi connectivity index (χ1v) is 6.17. The van der Waals surface area contributed by atoms with E-state index < -0.39 is 0 Å². The van der Waals surface area contributed by atoms with Crippen LogP contribution in [0.5, 0.6) is 0 Å². The minimum Gasteiger partial charge on any atom is -0.348 e. The van der Waals surface area contributed by atoms with Gasteiger partial charge in [0, 0.05) is 32.9 Å². The van der Waals surface area contributed by atoms with Gasteiger partial charge in [-0.2, -0.15) is 5.10 Å². The molecule has 0 fully saturated rings. The Bertz CT molecular complexity index is 441. The summed E-state index contributed by atoms with van der Waals surface area (Å²) < 4.78 is 1.69. The van der Waals surface area contributed by atoms with Gasteiger partial charge in [-0.1, -0.05) is 6.92 Å². The van der Waals surface area contributed by atoms with Crippen molar-refractivity contribution in [2.45, 2.75) is 19.4 Å². The van der Waals surface area contributed by atoms with Gasteiger partial charge in [-0.25, -0.2) is 4.79 Å². The number of nitrogens with one attached hydrogen (secondary N) is 2. The molecule has 0 aliphatic carbocycles. The number of rotatable bonds is 5. The highest BCUT2D eigenvalue weighted by atomic mass is 16.2. The van der Waals surface area contributed by atoms with Gasteiger partial charge in [0.15, 0.2) is 0 Å². The second kappa shape index (κ2) is 6.77. The number of nitrogens with zero attached hydrogens (tertiary/aromatic N) is 3. The van der Waals surface area contributed by atoms with Crippen molar-refractivity contribution in [3.63, 3.8) is 0 Å². The van der Waals surface area contributed by atoms with E-state index in [1.54, 1.807) is 25.0 Å². The lowest BCUT2D eigenvalue weighted by atomic mass is 10.1. The van der Waals surface area contributed by atoms with Crippen LogP contribution in [0.1, 0.15) is 24.9 Å². The van der Waals surface area contributed by atoms with Gasteiger partial charge in [-0.05, 0) is 6.42 Å². The lowest BCUT2D eigenvalue weighted by Crippen LogP contribution is -2.42. The maximum absolute atomic E-state index is 11.7. The molecular weight excluding hydrogens is 246 g/mol.